The molecule has 0 unspecified atom stereocenters. The van der Waals surface area contributed by atoms with Crippen LogP contribution >= 0.6 is 0 Å². The quantitative estimate of drug-likeness (QED) is 0.427. The third kappa shape index (κ3) is 5.11. The maximum atomic E-state index is 12.5. The molecule has 1 aliphatic rings. The van der Waals surface area contributed by atoms with Gasteiger partial charge >= 0.3 is 12.1 Å². The normalized spacial score (nSPS) is 15.3. The SMILES string of the molecule is Bc1ccc(Oc2cccc(CC(=O)OC)c2)c(CN2C[C@@H](c3ccccc3)OC2=O)c1. The zero-order valence-electron chi connectivity index (χ0n) is 18.1. The molecule has 4 rings (SSSR count). The van der Waals surface area contributed by atoms with E-state index in [0.717, 1.165) is 22.2 Å². The number of hydrogen-bond donors (Lipinski definition) is 0. The first-order valence-electron chi connectivity index (χ1n) is 10.5. The largest absolute Gasteiger partial charge is 0.469 e. The molecule has 1 atom stereocenters. The van der Waals surface area contributed by atoms with E-state index >= 15 is 0 Å². The highest BCUT2D eigenvalue weighted by Crippen LogP contribution is 2.31. The van der Waals surface area contributed by atoms with Crippen molar-refractivity contribution in [1.29, 1.82) is 0 Å². The van der Waals surface area contributed by atoms with E-state index < -0.39 is 0 Å². The van der Waals surface area contributed by atoms with Crippen LogP contribution in [0, 0.1) is 0 Å². The molecule has 32 heavy (non-hydrogen) atoms. The molecule has 0 N–H and O–H groups in total. The van der Waals surface area contributed by atoms with Crippen molar-refractivity contribution in [2.45, 2.75) is 19.1 Å². The minimum atomic E-state index is -0.341. The Morgan fingerprint density at radius 2 is 1.91 bits per heavy atom. The molecule has 0 radical (unpaired) electrons. The highest BCUT2D eigenvalue weighted by Gasteiger charge is 2.32. The summed E-state index contributed by atoms with van der Waals surface area (Å²) in [6, 6.07) is 22.9. The Kier molecular flexibility index (Phi) is 6.45. The van der Waals surface area contributed by atoms with Crippen molar-refractivity contribution in [2.75, 3.05) is 13.7 Å². The summed E-state index contributed by atoms with van der Waals surface area (Å²) < 4.78 is 16.5. The molecular formula is C25H24BNO5. The second-order valence-corrected chi connectivity index (χ2v) is 7.78. The number of cyclic esters (lactones) is 1. The molecule has 1 heterocycles. The Balaban J connectivity index is 1.51. The molecule has 6 nitrogen and oxygen atoms in total. The number of carbonyl (C=O) groups is 2. The van der Waals surface area contributed by atoms with E-state index in [0.29, 0.717) is 24.6 Å². The van der Waals surface area contributed by atoms with Crippen LogP contribution in [0.2, 0.25) is 0 Å². The minimum Gasteiger partial charge on any atom is -0.469 e. The van der Waals surface area contributed by atoms with Gasteiger partial charge in [-0.05, 0) is 29.3 Å². The van der Waals surface area contributed by atoms with Crippen molar-refractivity contribution < 1.29 is 23.8 Å². The molecule has 0 bridgehead atoms. The lowest BCUT2D eigenvalue weighted by Crippen LogP contribution is -2.24. The van der Waals surface area contributed by atoms with Crippen LogP contribution in [0.3, 0.4) is 0 Å². The van der Waals surface area contributed by atoms with Crippen molar-refractivity contribution >= 4 is 25.4 Å². The lowest BCUT2D eigenvalue weighted by molar-refractivity contribution is -0.139. The van der Waals surface area contributed by atoms with Gasteiger partial charge in [-0.2, -0.15) is 0 Å². The maximum Gasteiger partial charge on any atom is 0.410 e. The van der Waals surface area contributed by atoms with Gasteiger partial charge in [0, 0.05) is 5.56 Å². The Bertz CT molecular complexity index is 1120. The van der Waals surface area contributed by atoms with Gasteiger partial charge in [0.1, 0.15) is 25.4 Å². The van der Waals surface area contributed by atoms with E-state index in [1.54, 1.807) is 4.90 Å². The molecule has 0 spiro atoms. The summed E-state index contributed by atoms with van der Waals surface area (Å²) in [6.07, 6.45) is -0.450. The van der Waals surface area contributed by atoms with Gasteiger partial charge in [-0.15, -0.1) is 0 Å². The molecular weight excluding hydrogens is 405 g/mol. The van der Waals surface area contributed by atoms with Crippen molar-refractivity contribution in [3.05, 3.63) is 89.5 Å². The Hall–Kier alpha value is -3.74. The Morgan fingerprint density at radius 3 is 2.69 bits per heavy atom. The van der Waals surface area contributed by atoms with Gasteiger partial charge in [-0.1, -0.05) is 60.1 Å². The highest BCUT2D eigenvalue weighted by molar-refractivity contribution is 6.32. The minimum absolute atomic E-state index is 0.176. The molecule has 3 aromatic carbocycles. The number of hydrogen-bond acceptors (Lipinski definition) is 5. The van der Waals surface area contributed by atoms with Crippen LogP contribution in [0.15, 0.2) is 72.8 Å². The van der Waals surface area contributed by atoms with Crippen LogP contribution in [0.4, 0.5) is 4.79 Å². The van der Waals surface area contributed by atoms with Crippen LogP contribution < -0.4 is 10.2 Å². The highest BCUT2D eigenvalue weighted by atomic mass is 16.6. The summed E-state index contributed by atoms with van der Waals surface area (Å²) >= 11 is 0. The van der Waals surface area contributed by atoms with E-state index in [9.17, 15) is 9.59 Å². The summed E-state index contributed by atoms with van der Waals surface area (Å²) in [6.45, 7) is 0.853. The standard InChI is InChI=1S/C25H24BNO5/c1-30-24(28)13-17-6-5-9-21(12-17)31-22-11-10-20(26)14-19(22)15-27-16-23(32-25(27)29)18-7-3-2-4-8-18/h2-12,14,23H,13,15-16,26H2,1H3/t23-/m0/s1. The first-order valence-corrected chi connectivity index (χ1v) is 10.5. The summed E-state index contributed by atoms with van der Waals surface area (Å²) in [5, 5.41) is 0. The fraction of sp³-hybridized carbons (Fsp3) is 0.200. The number of ether oxygens (including phenoxy) is 3. The zero-order chi connectivity index (χ0) is 22.5. The molecule has 1 amide bonds. The van der Waals surface area contributed by atoms with Crippen molar-refractivity contribution in [3.8, 4) is 11.5 Å². The average molecular weight is 429 g/mol. The van der Waals surface area contributed by atoms with Gasteiger partial charge in [-0.3, -0.25) is 9.69 Å². The first-order chi connectivity index (χ1) is 15.5. The first kappa shape index (κ1) is 21.5. The molecule has 7 heteroatoms. The van der Waals surface area contributed by atoms with Crippen molar-refractivity contribution in [3.63, 3.8) is 0 Å². The van der Waals surface area contributed by atoms with E-state index in [-0.39, 0.29) is 24.6 Å². The van der Waals surface area contributed by atoms with Gasteiger partial charge < -0.3 is 14.2 Å². The molecule has 3 aromatic rings. The smallest absolute Gasteiger partial charge is 0.410 e. The van der Waals surface area contributed by atoms with Gasteiger partial charge in [-0.25, -0.2) is 4.79 Å². The summed E-state index contributed by atoms with van der Waals surface area (Å²) in [7, 11) is 3.37. The second-order valence-electron chi connectivity index (χ2n) is 7.78. The molecule has 162 valence electrons. The zero-order valence-corrected chi connectivity index (χ0v) is 18.1. The fourth-order valence-electron chi connectivity index (χ4n) is 3.70. The molecule has 1 aliphatic heterocycles. The third-order valence-corrected chi connectivity index (χ3v) is 5.34. The van der Waals surface area contributed by atoms with Gasteiger partial charge in [0.05, 0.1) is 26.6 Å². The lowest BCUT2D eigenvalue weighted by atomic mass is 9.94. The molecule has 1 saturated heterocycles. The second kappa shape index (κ2) is 9.60. The number of benzene rings is 3. The Labute approximate surface area is 188 Å². The van der Waals surface area contributed by atoms with Crippen LogP contribution in [-0.4, -0.2) is 38.5 Å². The van der Waals surface area contributed by atoms with Crippen molar-refractivity contribution in [2.24, 2.45) is 0 Å². The predicted molar refractivity (Wildman–Crippen MR) is 123 cm³/mol. The summed E-state index contributed by atoms with van der Waals surface area (Å²) in [5.74, 6) is 0.961. The van der Waals surface area contributed by atoms with Gasteiger partial charge in [0.2, 0.25) is 0 Å². The monoisotopic (exact) mass is 429 g/mol. The summed E-state index contributed by atoms with van der Waals surface area (Å²) in [4.78, 5) is 25.8. The van der Waals surface area contributed by atoms with E-state index in [1.165, 1.54) is 7.11 Å². The van der Waals surface area contributed by atoms with Crippen molar-refractivity contribution in [1.82, 2.24) is 4.90 Å². The molecule has 0 aliphatic carbocycles. The number of esters is 1. The average Bonchev–Trinajstić information content (AvgIpc) is 3.16. The maximum absolute atomic E-state index is 12.5. The lowest BCUT2D eigenvalue weighted by Gasteiger charge is -2.17. The molecule has 1 fully saturated rings. The summed E-state index contributed by atoms with van der Waals surface area (Å²) in [5.41, 5.74) is 3.73. The number of carbonyl (C=O) groups excluding carboxylic acids is 2. The van der Waals surface area contributed by atoms with Gasteiger partial charge in [0.25, 0.3) is 0 Å². The predicted octanol–water partition coefficient (Wildman–Crippen LogP) is 3.15. The fourth-order valence-corrected chi connectivity index (χ4v) is 3.70. The number of nitrogens with zero attached hydrogens (tertiary/aromatic N) is 1. The van der Waals surface area contributed by atoms with Crippen LogP contribution in [0.1, 0.15) is 22.8 Å². The molecule has 0 saturated carbocycles. The third-order valence-electron chi connectivity index (χ3n) is 5.34. The number of rotatable bonds is 7. The Morgan fingerprint density at radius 1 is 1.09 bits per heavy atom. The van der Waals surface area contributed by atoms with Crippen LogP contribution in [-0.2, 0) is 27.2 Å². The van der Waals surface area contributed by atoms with E-state index in [2.05, 4.69) is 0 Å². The van der Waals surface area contributed by atoms with Crippen LogP contribution in [0.5, 0.6) is 11.5 Å². The molecule has 0 aromatic heterocycles. The topological polar surface area (TPSA) is 65.1 Å². The number of methoxy groups -OCH3 is 1. The van der Waals surface area contributed by atoms with E-state index in [1.807, 2.05) is 80.6 Å². The van der Waals surface area contributed by atoms with Gasteiger partial charge in [0.15, 0.2) is 0 Å². The van der Waals surface area contributed by atoms with E-state index in [4.69, 9.17) is 14.2 Å². The number of amides is 1. The van der Waals surface area contributed by atoms with Crippen LogP contribution in [0.25, 0.3) is 0 Å².